The summed E-state index contributed by atoms with van der Waals surface area (Å²) in [6.45, 7) is 1.45. The number of nitrogens with one attached hydrogen (secondary N) is 1. The van der Waals surface area contributed by atoms with Crippen molar-refractivity contribution in [2.45, 2.75) is 18.8 Å². The van der Waals surface area contributed by atoms with Crippen molar-refractivity contribution in [1.82, 2.24) is 19.7 Å². The largest absolute Gasteiger partial charge is 0.360 e. The van der Waals surface area contributed by atoms with Crippen LogP contribution in [-0.2, 0) is 7.05 Å². The van der Waals surface area contributed by atoms with Crippen molar-refractivity contribution >= 4 is 16.8 Å². The number of rotatable bonds is 2. The summed E-state index contributed by atoms with van der Waals surface area (Å²) in [6, 6.07) is 6.52. The van der Waals surface area contributed by atoms with E-state index in [0.717, 1.165) is 31.3 Å². The molecule has 1 saturated heterocycles. The minimum Gasteiger partial charge on any atom is -0.360 e. The average Bonchev–Trinajstić information content (AvgIpc) is 3.20. The van der Waals surface area contributed by atoms with Crippen molar-refractivity contribution in [1.29, 1.82) is 0 Å². The van der Waals surface area contributed by atoms with Gasteiger partial charge in [-0.25, -0.2) is 4.39 Å². The lowest BCUT2D eigenvalue weighted by Gasteiger charge is -2.32. The fraction of sp³-hybridized carbons (Fsp3) is 0.333. The first-order valence-corrected chi connectivity index (χ1v) is 8.17. The van der Waals surface area contributed by atoms with Gasteiger partial charge in [-0.1, -0.05) is 0 Å². The Bertz CT molecular complexity index is 889. The maximum atomic E-state index is 13.3. The van der Waals surface area contributed by atoms with Crippen LogP contribution in [0.3, 0.4) is 0 Å². The van der Waals surface area contributed by atoms with Gasteiger partial charge in [-0.15, -0.1) is 0 Å². The zero-order valence-corrected chi connectivity index (χ0v) is 13.5. The molecule has 1 aliphatic rings. The number of nitrogens with zero attached hydrogens (tertiary/aromatic N) is 3. The molecule has 0 aliphatic carbocycles. The molecular weight excluding hydrogens is 307 g/mol. The summed E-state index contributed by atoms with van der Waals surface area (Å²) < 4.78 is 15.2. The van der Waals surface area contributed by atoms with E-state index in [9.17, 15) is 9.18 Å². The second-order valence-electron chi connectivity index (χ2n) is 6.34. The van der Waals surface area contributed by atoms with Crippen LogP contribution in [0.2, 0.25) is 0 Å². The molecule has 2 aromatic heterocycles. The Morgan fingerprint density at radius 1 is 1.29 bits per heavy atom. The summed E-state index contributed by atoms with van der Waals surface area (Å²) in [6.07, 6.45) is 5.36. The molecule has 1 fully saturated rings. The predicted molar refractivity (Wildman–Crippen MR) is 89.3 cm³/mol. The van der Waals surface area contributed by atoms with Crippen LogP contribution in [0.5, 0.6) is 0 Å². The first-order chi connectivity index (χ1) is 11.6. The lowest BCUT2D eigenvalue weighted by molar-refractivity contribution is 0.0713. The van der Waals surface area contributed by atoms with Gasteiger partial charge in [0, 0.05) is 55.0 Å². The first kappa shape index (κ1) is 14.9. The molecule has 1 aliphatic heterocycles. The molecule has 1 N–H and O–H groups in total. The van der Waals surface area contributed by atoms with Crippen molar-refractivity contribution in [2.75, 3.05) is 13.1 Å². The van der Waals surface area contributed by atoms with Crippen LogP contribution in [0, 0.1) is 5.82 Å². The Morgan fingerprint density at radius 2 is 2.08 bits per heavy atom. The van der Waals surface area contributed by atoms with Crippen molar-refractivity contribution in [2.24, 2.45) is 7.05 Å². The number of aromatic nitrogens is 3. The molecule has 1 amide bonds. The van der Waals surface area contributed by atoms with Crippen molar-refractivity contribution < 1.29 is 9.18 Å². The second-order valence-corrected chi connectivity index (χ2v) is 6.34. The zero-order valence-electron chi connectivity index (χ0n) is 13.5. The number of halogens is 1. The summed E-state index contributed by atoms with van der Waals surface area (Å²) in [5, 5.41) is 5.00. The molecule has 3 heterocycles. The molecule has 0 saturated carbocycles. The van der Waals surface area contributed by atoms with E-state index >= 15 is 0 Å². The Morgan fingerprint density at radius 3 is 2.79 bits per heavy atom. The van der Waals surface area contributed by atoms with E-state index in [0.29, 0.717) is 17.0 Å². The summed E-state index contributed by atoms with van der Waals surface area (Å²) in [4.78, 5) is 17.7. The Labute approximate surface area is 139 Å². The number of aromatic amines is 1. The first-order valence-electron chi connectivity index (χ1n) is 8.17. The lowest BCUT2D eigenvalue weighted by atomic mass is 9.93. The molecule has 0 radical (unpaired) electrons. The van der Waals surface area contributed by atoms with Crippen molar-refractivity contribution in [3.63, 3.8) is 0 Å². The number of amides is 1. The molecule has 24 heavy (non-hydrogen) atoms. The molecule has 0 bridgehead atoms. The third-order valence-electron chi connectivity index (χ3n) is 4.93. The number of carbonyl (C=O) groups excluding carboxylic acids is 1. The highest BCUT2D eigenvalue weighted by Gasteiger charge is 2.27. The van der Waals surface area contributed by atoms with Gasteiger partial charge in [0.05, 0.1) is 5.56 Å². The number of likely N-dealkylation sites (tertiary alicyclic amines) is 1. The number of H-pyrrole nitrogens is 1. The third-order valence-corrected chi connectivity index (χ3v) is 4.93. The summed E-state index contributed by atoms with van der Waals surface area (Å²) in [5.41, 5.74) is 2.50. The van der Waals surface area contributed by atoms with Gasteiger partial charge in [-0.3, -0.25) is 9.48 Å². The second kappa shape index (κ2) is 5.78. The van der Waals surface area contributed by atoms with Crippen molar-refractivity contribution in [3.05, 3.63) is 53.7 Å². The normalized spacial score (nSPS) is 16.0. The quantitative estimate of drug-likeness (QED) is 0.787. The number of carbonyl (C=O) groups is 1. The van der Waals surface area contributed by atoms with Gasteiger partial charge >= 0.3 is 0 Å². The average molecular weight is 326 g/mol. The zero-order chi connectivity index (χ0) is 16.7. The van der Waals surface area contributed by atoms with E-state index in [1.54, 1.807) is 12.3 Å². The van der Waals surface area contributed by atoms with Gasteiger partial charge in [-0.05, 0) is 37.1 Å². The predicted octanol–water partition coefficient (Wildman–Crippen LogP) is 3.06. The van der Waals surface area contributed by atoms with Crippen LogP contribution in [0.4, 0.5) is 4.39 Å². The maximum Gasteiger partial charge on any atom is 0.256 e. The summed E-state index contributed by atoms with van der Waals surface area (Å²) in [5.74, 6) is 0.148. The van der Waals surface area contributed by atoms with E-state index in [-0.39, 0.29) is 11.7 Å². The molecule has 3 aromatic rings. The SMILES string of the molecule is Cn1nccc1C1CCN(C(=O)c2c[nH]c3cc(F)ccc23)CC1. The number of hydrogen-bond acceptors (Lipinski definition) is 2. The van der Waals surface area contributed by atoms with Crippen LogP contribution in [0.15, 0.2) is 36.7 Å². The van der Waals surface area contributed by atoms with Crippen LogP contribution >= 0.6 is 0 Å². The number of benzene rings is 1. The highest BCUT2D eigenvalue weighted by Crippen LogP contribution is 2.29. The topological polar surface area (TPSA) is 53.9 Å². The van der Waals surface area contributed by atoms with Gasteiger partial charge in [-0.2, -0.15) is 5.10 Å². The van der Waals surface area contributed by atoms with Gasteiger partial charge in [0.25, 0.3) is 5.91 Å². The minimum atomic E-state index is -0.305. The van der Waals surface area contributed by atoms with Gasteiger partial charge < -0.3 is 9.88 Å². The van der Waals surface area contributed by atoms with Crippen molar-refractivity contribution in [3.8, 4) is 0 Å². The molecule has 0 unspecified atom stereocenters. The fourth-order valence-corrected chi connectivity index (χ4v) is 3.61. The number of piperidine rings is 1. The molecule has 4 rings (SSSR count). The van der Waals surface area contributed by atoms with E-state index in [2.05, 4.69) is 16.1 Å². The lowest BCUT2D eigenvalue weighted by Crippen LogP contribution is -2.38. The van der Waals surface area contributed by atoms with E-state index in [1.807, 2.05) is 22.8 Å². The van der Waals surface area contributed by atoms with Crippen LogP contribution in [0.25, 0.3) is 10.9 Å². The minimum absolute atomic E-state index is 0.0105. The number of hydrogen-bond donors (Lipinski definition) is 1. The van der Waals surface area contributed by atoms with E-state index in [1.165, 1.54) is 17.8 Å². The highest BCUT2D eigenvalue weighted by atomic mass is 19.1. The summed E-state index contributed by atoms with van der Waals surface area (Å²) >= 11 is 0. The van der Waals surface area contributed by atoms with E-state index in [4.69, 9.17) is 0 Å². The smallest absolute Gasteiger partial charge is 0.256 e. The fourth-order valence-electron chi connectivity index (χ4n) is 3.61. The molecule has 0 spiro atoms. The number of fused-ring (bicyclic) bond motifs is 1. The van der Waals surface area contributed by atoms with Gasteiger partial charge in [0.1, 0.15) is 5.82 Å². The molecule has 5 nitrogen and oxygen atoms in total. The monoisotopic (exact) mass is 326 g/mol. The molecular formula is C18H19FN4O. The number of aryl methyl sites for hydroxylation is 1. The molecule has 1 aromatic carbocycles. The summed E-state index contributed by atoms with van der Waals surface area (Å²) in [7, 11) is 1.96. The standard InChI is InChI=1S/C18H19FN4O/c1-22-17(4-7-21-22)12-5-8-23(9-6-12)18(24)15-11-20-16-10-13(19)2-3-14(15)16/h2-4,7,10-12,20H,5-6,8-9H2,1H3. The van der Waals surface area contributed by atoms with Crippen LogP contribution < -0.4 is 0 Å². The van der Waals surface area contributed by atoms with Crippen LogP contribution in [-0.4, -0.2) is 38.7 Å². The third kappa shape index (κ3) is 2.48. The maximum absolute atomic E-state index is 13.3. The van der Waals surface area contributed by atoms with E-state index < -0.39 is 0 Å². The van der Waals surface area contributed by atoms with Gasteiger partial charge in [0.15, 0.2) is 0 Å². The molecule has 0 atom stereocenters. The van der Waals surface area contributed by atoms with Crippen LogP contribution in [0.1, 0.15) is 34.8 Å². The highest BCUT2D eigenvalue weighted by molar-refractivity contribution is 6.06. The Kier molecular flexibility index (Phi) is 3.59. The Hall–Kier alpha value is -2.63. The molecule has 124 valence electrons. The molecule has 6 heteroatoms. The van der Waals surface area contributed by atoms with Gasteiger partial charge in [0.2, 0.25) is 0 Å². The Balaban J connectivity index is 1.51.